The number of fused-ring (bicyclic) bond motifs is 1. The summed E-state index contributed by atoms with van der Waals surface area (Å²) in [6.45, 7) is 5.29. The van der Waals surface area contributed by atoms with Crippen LogP contribution in [-0.4, -0.2) is 22.6 Å². The average Bonchev–Trinajstić information content (AvgIpc) is 2.77. The van der Waals surface area contributed by atoms with Gasteiger partial charge in [-0.15, -0.1) is 0 Å². The highest BCUT2D eigenvalue weighted by Crippen LogP contribution is 2.43. The Morgan fingerprint density at radius 3 is 2.52 bits per heavy atom. The van der Waals surface area contributed by atoms with Gasteiger partial charge in [0.25, 0.3) is 0 Å². The van der Waals surface area contributed by atoms with Crippen molar-refractivity contribution < 1.29 is 18.0 Å². The summed E-state index contributed by atoms with van der Waals surface area (Å²) in [6.07, 6.45) is -3.66. The molecule has 0 spiro atoms. The van der Waals surface area contributed by atoms with Crippen LogP contribution in [0.25, 0.3) is 10.8 Å². The summed E-state index contributed by atoms with van der Waals surface area (Å²) in [4.78, 5) is 11.7. The standard InChI is InChI=1S/C19H21F3N2O/c1-4-12-6-5-7-13-10-14(8-9-15(12)13)17(19(20,21)22)24-18(2,3)11-16(25)23-24/h5-10,17H,4,11H2,1-3H3,(H,23,25)/t17-/m0/s1. The number of aryl methyl sites for hydroxylation is 1. The molecule has 25 heavy (non-hydrogen) atoms. The van der Waals surface area contributed by atoms with Gasteiger partial charge in [0.05, 0.1) is 0 Å². The zero-order valence-electron chi connectivity index (χ0n) is 14.4. The smallest absolute Gasteiger partial charge is 0.287 e. The second-order valence-electron chi connectivity index (χ2n) is 7.09. The van der Waals surface area contributed by atoms with Gasteiger partial charge in [-0.2, -0.15) is 18.2 Å². The summed E-state index contributed by atoms with van der Waals surface area (Å²) in [5.41, 5.74) is 2.70. The molecule has 134 valence electrons. The molecule has 0 bridgehead atoms. The molecule has 1 atom stereocenters. The van der Waals surface area contributed by atoms with E-state index in [0.717, 1.165) is 27.8 Å². The monoisotopic (exact) mass is 350 g/mol. The predicted octanol–water partition coefficient (Wildman–Crippen LogP) is 4.52. The molecule has 1 aliphatic heterocycles. The van der Waals surface area contributed by atoms with Crippen LogP contribution in [-0.2, 0) is 11.2 Å². The number of benzene rings is 2. The van der Waals surface area contributed by atoms with Gasteiger partial charge in [0, 0.05) is 12.0 Å². The molecule has 0 unspecified atom stereocenters. The van der Waals surface area contributed by atoms with Crippen molar-refractivity contribution in [3.05, 3.63) is 47.5 Å². The molecule has 1 heterocycles. The van der Waals surface area contributed by atoms with E-state index in [1.165, 1.54) is 6.07 Å². The largest absolute Gasteiger partial charge is 0.409 e. The highest BCUT2D eigenvalue weighted by Gasteiger charge is 2.52. The highest BCUT2D eigenvalue weighted by atomic mass is 19.4. The third kappa shape index (κ3) is 3.23. The predicted molar refractivity (Wildman–Crippen MR) is 90.8 cm³/mol. The average molecular weight is 350 g/mol. The number of halogens is 3. The Labute approximate surface area is 144 Å². The van der Waals surface area contributed by atoms with E-state index in [4.69, 9.17) is 0 Å². The van der Waals surface area contributed by atoms with Crippen LogP contribution in [0.5, 0.6) is 0 Å². The van der Waals surface area contributed by atoms with Crippen LogP contribution in [0.3, 0.4) is 0 Å². The SMILES string of the molecule is CCc1cccc2cc([C@H](N3NC(=O)CC3(C)C)C(F)(F)F)ccc12. The quantitative estimate of drug-likeness (QED) is 0.883. The Hall–Kier alpha value is -2.08. The second-order valence-corrected chi connectivity index (χ2v) is 7.09. The van der Waals surface area contributed by atoms with E-state index in [2.05, 4.69) is 5.43 Å². The first-order valence-electron chi connectivity index (χ1n) is 8.30. The molecular weight excluding hydrogens is 329 g/mol. The van der Waals surface area contributed by atoms with Crippen molar-refractivity contribution >= 4 is 16.7 Å². The Morgan fingerprint density at radius 1 is 1.24 bits per heavy atom. The first-order chi connectivity index (χ1) is 11.6. The number of hydrogen-bond donors (Lipinski definition) is 1. The fraction of sp³-hybridized carbons (Fsp3) is 0.421. The molecule has 0 radical (unpaired) electrons. The van der Waals surface area contributed by atoms with Gasteiger partial charge in [-0.05, 0) is 48.2 Å². The number of amides is 1. The molecule has 2 aromatic rings. The van der Waals surface area contributed by atoms with E-state index in [-0.39, 0.29) is 12.0 Å². The molecular formula is C19H21F3N2O. The number of alkyl halides is 3. The van der Waals surface area contributed by atoms with Gasteiger partial charge in [-0.25, -0.2) is 0 Å². The maximum atomic E-state index is 13.9. The molecule has 0 aliphatic carbocycles. The Balaban J connectivity index is 2.12. The fourth-order valence-corrected chi connectivity index (χ4v) is 3.55. The van der Waals surface area contributed by atoms with Gasteiger partial charge >= 0.3 is 6.18 Å². The molecule has 3 nitrogen and oxygen atoms in total. The number of carbonyl (C=O) groups is 1. The normalized spacial score (nSPS) is 19.2. The fourth-order valence-electron chi connectivity index (χ4n) is 3.55. The molecule has 6 heteroatoms. The summed E-state index contributed by atoms with van der Waals surface area (Å²) >= 11 is 0. The summed E-state index contributed by atoms with van der Waals surface area (Å²) in [6, 6.07) is 8.60. The number of hydrogen-bond acceptors (Lipinski definition) is 2. The topological polar surface area (TPSA) is 32.3 Å². The Morgan fingerprint density at radius 2 is 1.96 bits per heavy atom. The zero-order chi connectivity index (χ0) is 18.4. The molecule has 1 amide bonds. The number of nitrogens with one attached hydrogen (secondary N) is 1. The van der Waals surface area contributed by atoms with E-state index in [0.29, 0.717) is 0 Å². The molecule has 1 N–H and O–H groups in total. The third-order valence-corrected chi connectivity index (χ3v) is 4.75. The van der Waals surface area contributed by atoms with Crippen molar-refractivity contribution in [3.8, 4) is 0 Å². The molecule has 1 fully saturated rings. The van der Waals surface area contributed by atoms with Crippen LogP contribution in [0.15, 0.2) is 36.4 Å². The Bertz CT molecular complexity index is 814. The number of nitrogens with zero attached hydrogens (tertiary/aromatic N) is 1. The van der Waals surface area contributed by atoms with E-state index >= 15 is 0 Å². The lowest BCUT2D eigenvalue weighted by Gasteiger charge is -2.38. The van der Waals surface area contributed by atoms with Crippen LogP contribution >= 0.6 is 0 Å². The van der Waals surface area contributed by atoms with Gasteiger partial charge < -0.3 is 0 Å². The van der Waals surface area contributed by atoms with Crippen molar-refractivity contribution in [3.63, 3.8) is 0 Å². The van der Waals surface area contributed by atoms with Crippen LogP contribution in [0, 0.1) is 0 Å². The van der Waals surface area contributed by atoms with E-state index in [1.807, 2.05) is 25.1 Å². The van der Waals surface area contributed by atoms with Crippen molar-refractivity contribution in [1.82, 2.24) is 10.4 Å². The summed E-state index contributed by atoms with van der Waals surface area (Å²) < 4.78 is 41.6. The van der Waals surface area contributed by atoms with Crippen molar-refractivity contribution in [2.45, 2.75) is 51.4 Å². The van der Waals surface area contributed by atoms with Crippen molar-refractivity contribution in [1.29, 1.82) is 0 Å². The Kier molecular flexibility index (Phi) is 4.27. The lowest BCUT2D eigenvalue weighted by molar-refractivity contribution is -0.203. The minimum atomic E-state index is -4.51. The number of rotatable bonds is 3. The highest BCUT2D eigenvalue weighted by molar-refractivity contribution is 5.86. The first kappa shape index (κ1) is 17.7. The molecule has 2 aromatic carbocycles. The lowest BCUT2D eigenvalue weighted by Crippen LogP contribution is -2.51. The number of hydrazine groups is 1. The van der Waals surface area contributed by atoms with Gasteiger partial charge in [0.2, 0.25) is 5.91 Å². The van der Waals surface area contributed by atoms with Crippen LogP contribution in [0.1, 0.15) is 44.4 Å². The lowest BCUT2D eigenvalue weighted by atomic mass is 9.94. The summed E-state index contributed by atoms with van der Waals surface area (Å²) in [5.74, 6) is -0.395. The molecule has 0 saturated carbocycles. The van der Waals surface area contributed by atoms with Gasteiger partial charge in [-0.3, -0.25) is 10.2 Å². The second kappa shape index (κ2) is 6.02. The van der Waals surface area contributed by atoms with Crippen LogP contribution < -0.4 is 5.43 Å². The summed E-state index contributed by atoms with van der Waals surface area (Å²) in [5, 5.41) is 2.77. The van der Waals surface area contributed by atoms with E-state index in [1.54, 1.807) is 26.0 Å². The molecule has 0 aromatic heterocycles. The number of carbonyl (C=O) groups excluding carboxylic acids is 1. The van der Waals surface area contributed by atoms with Gasteiger partial charge in [0.1, 0.15) is 0 Å². The third-order valence-electron chi connectivity index (χ3n) is 4.75. The zero-order valence-corrected chi connectivity index (χ0v) is 14.4. The van der Waals surface area contributed by atoms with Crippen LogP contribution in [0.4, 0.5) is 13.2 Å². The van der Waals surface area contributed by atoms with E-state index in [9.17, 15) is 18.0 Å². The van der Waals surface area contributed by atoms with E-state index < -0.39 is 23.7 Å². The molecule has 3 rings (SSSR count). The maximum absolute atomic E-state index is 13.9. The van der Waals surface area contributed by atoms with Gasteiger partial charge in [-0.1, -0.05) is 37.3 Å². The van der Waals surface area contributed by atoms with Crippen molar-refractivity contribution in [2.75, 3.05) is 0 Å². The maximum Gasteiger partial charge on any atom is 0.409 e. The molecule has 1 aliphatic rings. The first-order valence-corrected chi connectivity index (χ1v) is 8.30. The minimum Gasteiger partial charge on any atom is -0.287 e. The summed E-state index contributed by atoms with van der Waals surface area (Å²) in [7, 11) is 0. The van der Waals surface area contributed by atoms with Gasteiger partial charge in [0.15, 0.2) is 6.04 Å². The van der Waals surface area contributed by atoms with Crippen molar-refractivity contribution in [2.24, 2.45) is 0 Å². The van der Waals surface area contributed by atoms with Crippen LogP contribution in [0.2, 0.25) is 0 Å². The minimum absolute atomic E-state index is 0.0349. The molecule has 1 saturated heterocycles.